The predicted molar refractivity (Wildman–Crippen MR) is 192 cm³/mol. The van der Waals surface area contributed by atoms with Gasteiger partial charge in [0.1, 0.15) is 5.71 Å². The fourth-order valence-electron chi connectivity index (χ4n) is 4.04. The Morgan fingerprint density at radius 3 is 1.37 bits per heavy atom. The molecule has 0 amide bonds. The molecule has 1 rings (SSSR count). The van der Waals surface area contributed by atoms with Gasteiger partial charge in [0.15, 0.2) is 11.5 Å². The molecule has 17 nitrogen and oxygen atoms in total. The van der Waals surface area contributed by atoms with Crippen LogP contribution in [0.5, 0.6) is 17.2 Å². The summed E-state index contributed by atoms with van der Waals surface area (Å²) in [6, 6.07) is 3.66. The van der Waals surface area contributed by atoms with Gasteiger partial charge in [0.25, 0.3) is 0 Å². The van der Waals surface area contributed by atoms with Crippen LogP contribution in [0.25, 0.3) is 0 Å². The number of nitrogens with two attached hydrogens (primary N) is 1. The summed E-state index contributed by atoms with van der Waals surface area (Å²) < 4.78 is 82.7. The molecule has 0 aromatic heterocycles. The highest BCUT2D eigenvalue weighted by Crippen LogP contribution is 2.47. The van der Waals surface area contributed by atoms with Crippen molar-refractivity contribution < 1.29 is 65.7 Å². The van der Waals surface area contributed by atoms with Crippen molar-refractivity contribution in [3.05, 3.63) is 17.7 Å². The van der Waals surface area contributed by atoms with Crippen LogP contribution in [0.2, 0.25) is 0 Å². The van der Waals surface area contributed by atoms with Crippen molar-refractivity contribution in [3.63, 3.8) is 0 Å². The summed E-state index contributed by atoms with van der Waals surface area (Å²) in [5, 5.41) is 3.72. The summed E-state index contributed by atoms with van der Waals surface area (Å²) in [6.07, 6.45) is 1.79. The van der Waals surface area contributed by atoms with Gasteiger partial charge >= 0.3 is 7.60 Å². The molecule has 0 fully saturated rings. The molecule has 0 bridgehead atoms. The topological polar surface area (TPSA) is 188 Å². The molecule has 296 valence electrons. The fraction of sp³-hybridized carbons (Fsp3) is 0.758. The minimum atomic E-state index is -3.06. The number of aliphatic imine (C=N–C) groups is 1. The van der Waals surface area contributed by atoms with Crippen molar-refractivity contribution in [1.29, 1.82) is 0 Å². The van der Waals surface area contributed by atoms with Gasteiger partial charge < -0.3 is 67.0 Å². The van der Waals surface area contributed by atoms with Crippen molar-refractivity contribution >= 4 is 19.5 Å². The average molecular weight is 754 g/mol. The molecule has 0 saturated heterocycles. The van der Waals surface area contributed by atoms with Crippen molar-refractivity contribution in [2.75, 3.05) is 146 Å². The van der Waals surface area contributed by atoms with Gasteiger partial charge in [-0.3, -0.25) is 9.56 Å². The molecule has 0 aliphatic rings. The van der Waals surface area contributed by atoms with E-state index < -0.39 is 7.60 Å². The van der Waals surface area contributed by atoms with Crippen molar-refractivity contribution in [2.24, 2.45) is 15.9 Å². The first-order valence-electron chi connectivity index (χ1n) is 17.0. The van der Waals surface area contributed by atoms with Crippen LogP contribution < -0.4 is 20.1 Å². The van der Waals surface area contributed by atoms with Gasteiger partial charge in [-0.2, -0.15) is 5.10 Å². The lowest BCUT2D eigenvalue weighted by Crippen LogP contribution is -2.17. The van der Waals surface area contributed by atoms with E-state index in [1.54, 1.807) is 41.4 Å². The largest absolute Gasteiger partial charge is 0.493 e. The number of nitrogens with zero attached hydrogens (tertiary/aromatic N) is 2. The van der Waals surface area contributed by atoms with Gasteiger partial charge in [0.2, 0.25) is 5.75 Å². The summed E-state index contributed by atoms with van der Waals surface area (Å²) in [6.45, 7) is 11.2. The molecule has 1 aromatic rings. The molecule has 0 heterocycles. The molecular weight excluding hydrogens is 693 g/mol. The van der Waals surface area contributed by atoms with Gasteiger partial charge in [-0.25, -0.2) is 0 Å². The van der Waals surface area contributed by atoms with E-state index in [-0.39, 0.29) is 19.4 Å². The molecule has 0 radical (unpaired) electrons. The Balaban J connectivity index is 1.88. The maximum absolute atomic E-state index is 12.3. The predicted octanol–water partition coefficient (Wildman–Crippen LogP) is 3.00. The lowest BCUT2D eigenvalue weighted by molar-refractivity contribution is -0.0221. The Bertz CT molecular complexity index is 1060. The van der Waals surface area contributed by atoms with Crippen LogP contribution in [0.4, 0.5) is 0 Å². The van der Waals surface area contributed by atoms with E-state index in [1.165, 1.54) is 0 Å². The van der Waals surface area contributed by atoms with E-state index in [4.69, 9.17) is 67.0 Å². The third-order valence-electron chi connectivity index (χ3n) is 6.42. The standard InChI is InChI=1S/C33H60N3O14P/c1-6-49-51(37,50-7-2)23-22-47-19-18-45-15-14-43-11-10-41-8-9-42-12-13-44-16-17-46-20-21-48-28-30(36-34)27-35-26-29-24-31(38-3)33(40-5)32(25-29)39-4/h24-25,27H,6-23,26,28,34H2,1-5H3. The minimum Gasteiger partial charge on any atom is -0.493 e. The highest BCUT2D eigenvalue weighted by Gasteiger charge is 2.22. The zero-order valence-electron chi connectivity index (χ0n) is 31.0. The van der Waals surface area contributed by atoms with Crippen molar-refractivity contribution in [2.45, 2.75) is 20.4 Å². The summed E-state index contributed by atoms with van der Waals surface area (Å²) in [7, 11) is 1.62. The van der Waals surface area contributed by atoms with E-state index in [0.29, 0.717) is 135 Å². The fourth-order valence-corrected chi connectivity index (χ4v) is 5.52. The Labute approximate surface area is 302 Å². The molecular formula is C33H60N3O14P. The minimum absolute atomic E-state index is 0.203. The maximum atomic E-state index is 12.3. The Morgan fingerprint density at radius 2 is 1.02 bits per heavy atom. The van der Waals surface area contributed by atoms with Gasteiger partial charge in [-0.05, 0) is 31.5 Å². The molecule has 0 saturated carbocycles. The second-order valence-corrected chi connectivity index (χ2v) is 12.3. The smallest absolute Gasteiger partial charge is 0.332 e. The monoisotopic (exact) mass is 753 g/mol. The van der Waals surface area contributed by atoms with Crippen LogP contribution in [0.15, 0.2) is 22.2 Å². The Hall–Kier alpha value is -2.41. The summed E-state index contributed by atoms with van der Waals surface area (Å²) in [4.78, 5) is 4.39. The maximum Gasteiger partial charge on any atom is 0.332 e. The summed E-state index contributed by atoms with van der Waals surface area (Å²) in [5.41, 5.74) is 1.36. The first-order chi connectivity index (χ1) is 25.0. The molecule has 51 heavy (non-hydrogen) atoms. The van der Waals surface area contributed by atoms with Gasteiger partial charge in [0, 0.05) is 6.21 Å². The quantitative estimate of drug-likeness (QED) is 0.0346. The number of rotatable bonds is 36. The van der Waals surface area contributed by atoms with Crippen LogP contribution in [-0.4, -0.2) is 158 Å². The van der Waals surface area contributed by atoms with E-state index >= 15 is 0 Å². The van der Waals surface area contributed by atoms with Crippen molar-refractivity contribution in [3.8, 4) is 17.2 Å². The zero-order chi connectivity index (χ0) is 37.3. The molecule has 0 aliphatic heterocycles. The lowest BCUT2D eigenvalue weighted by Gasteiger charge is -2.16. The highest BCUT2D eigenvalue weighted by atomic mass is 31.2. The second kappa shape index (κ2) is 32.3. The zero-order valence-corrected chi connectivity index (χ0v) is 31.9. The number of benzene rings is 1. The van der Waals surface area contributed by atoms with Crippen molar-refractivity contribution in [1.82, 2.24) is 0 Å². The van der Waals surface area contributed by atoms with Gasteiger partial charge in [0.05, 0.1) is 153 Å². The van der Waals surface area contributed by atoms with Gasteiger partial charge in [-0.1, -0.05) is 0 Å². The number of ether oxygens (including phenoxy) is 11. The molecule has 0 spiro atoms. The molecule has 0 unspecified atom stereocenters. The van der Waals surface area contributed by atoms with Crippen LogP contribution in [0, 0.1) is 0 Å². The normalized spacial score (nSPS) is 12.2. The molecule has 1 aromatic carbocycles. The Morgan fingerprint density at radius 1 is 0.627 bits per heavy atom. The molecule has 18 heteroatoms. The second-order valence-electron chi connectivity index (χ2n) is 10.1. The number of hydrogen-bond donors (Lipinski definition) is 1. The van der Waals surface area contributed by atoms with Gasteiger partial charge in [-0.15, -0.1) is 0 Å². The van der Waals surface area contributed by atoms with Crippen LogP contribution >= 0.6 is 7.60 Å². The lowest BCUT2D eigenvalue weighted by atomic mass is 10.2. The van der Waals surface area contributed by atoms with E-state index in [0.717, 1.165) is 5.56 Å². The average Bonchev–Trinajstić information content (AvgIpc) is 3.13. The van der Waals surface area contributed by atoms with E-state index in [1.807, 2.05) is 12.1 Å². The Kier molecular flexibility index (Phi) is 29.5. The third-order valence-corrected chi connectivity index (χ3v) is 8.45. The molecule has 0 atom stereocenters. The first-order valence-corrected chi connectivity index (χ1v) is 18.7. The summed E-state index contributed by atoms with van der Waals surface area (Å²) in [5.74, 6) is 7.11. The van der Waals surface area contributed by atoms with Crippen LogP contribution in [0.1, 0.15) is 19.4 Å². The molecule has 2 N–H and O–H groups in total. The van der Waals surface area contributed by atoms with E-state index in [2.05, 4.69) is 10.1 Å². The van der Waals surface area contributed by atoms with Crippen LogP contribution in [0.3, 0.4) is 0 Å². The van der Waals surface area contributed by atoms with E-state index in [9.17, 15) is 4.57 Å². The SMILES string of the molecule is CCOP(=O)(CCOCCOCCOCCOCCOCCOCCOCCOCC(C=NCc1cc(OC)c(OC)c(OC)c1)=NN)OCC. The highest BCUT2D eigenvalue weighted by molar-refractivity contribution is 7.53. The third kappa shape index (κ3) is 23.7. The molecule has 0 aliphatic carbocycles. The first kappa shape index (κ1) is 46.6. The van der Waals surface area contributed by atoms with Crippen LogP contribution in [-0.2, 0) is 58.1 Å². The number of hydrazone groups is 1. The number of hydrogen-bond acceptors (Lipinski definition) is 17. The summed E-state index contributed by atoms with van der Waals surface area (Å²) >= 11 is 0. The number of methoxy groups -OCH3 is 3.